The number of hydrogen-bond acceptors (Lipinski definition) is 15. The fourth-order valence-corrected chi connectivity index (χ4v) is 14.4. The molecule has 0 fully saturated rings. The Labute approximate surface area is 626 Å². The average Bonchev–Trinajstić information content (AvgIpc) is 0.909. The summed E-state index contributed by atoms with van der Waals surface area (Å²) in [5.41, 5.74) is 0. The minimum atomic E-state index is -4.96. The molecule has 0 heterocycles. The standard InChI is InChI=1S/C83H162O17P2/c1-8-10-11-12-40-50-57-64-80(85)93-70-78(99-82(87)66-60-53-46-39-33-27-21-20-24-30-36-43-49-56-63-76(7)9-2)72-97-101(89,90)95-68-77(84)69-96-102(91,92)98-73-79(71-94-81(86)65-58-51-44-37-31-25-19-15-17-23-29-35-42-48-55-62-75(5)6)100-83(88)67-59-52-45-38-32-26-18-14-13-16-22-28-34-41-47-54-61-74(3)4/h74-79,84H,8-73H2,1-7H3,(H,89,90)(H,91,92)/t76?,77-,78+,79+/m0/s1. The van der Waals surface area contributed by atoms with Crippen molar-refractivity contribution in [3.63, 3.8) is 0 Å². The van der Waals surface area contributed by atoms with Crippen molar-refractivity contribution in [2.24, 2.45) is 17.8 Å². The van der Waals surface area contributed by atoms with E-state index < -0.39 is 97.5 Å². The zero-order valence-electron chi connectivity index (χ0n) is 67.1. The Hall–Kier alpha value is -1.94. The van der Waals surface area contributed by atoms with Gasteiger partial charge in [0.1, 0.15) is 19.3 Å². The SMILES string of the molecule is CCCCCCCCCC(=O)OC[C@H](COP(=O)(O)OC[C@H](O)COP(=O)(O)OC[C@@H](COC(=O)CCCCCCCCCCCCCCCCCC(C)C)OC(=O)CCCCCCCCCCCCCCCCCCC(C)C)OC(=O)CCCCCCCCCCCCCCCCC(C)CC. The summed E-state index contributed by atoms with van der Waals surface area (Å²) in [5.74, 6) is 0.350. The summed E-state index contributed by atoms with van der Waals surface area (Å²) in [6, 6.07) is 0. The fourth-order valence-electron chi connectivity index (χ4n) is 12.8. The van der Waals surface area contributed by atoms with Crippen LogP contribution in [-0.2, 0) is 65.4 Å². The third-order valence-electron chi connectivity index (χ3n) is 19.7. The largest absolute Gasteiger partial charge is 0.472 e. The maximum atomic E-state index is 13.1. The number of aliphatic hydroxyl groups excluding tert-OH is 1. The van der Waals surface area contributed by atoms with Gasteiger partial charge in [0.15, 0.2) is 12.2 Å². The van der Waals surface area contributed by atoms with E-state index in [1.807, 2.05) is 0 Å². The van der Waals surface area contributed by atoms with Crippen molar-refractivity contribution in [2.75, 3.05) is 39.6 Å². The number of hydrogen-bond donors (Lipinski definition) is 3. The van der Waals surface area contributed by atoms with Crippen LogP contribution in [0.4, 0.5) is 0 Å². The lowest BCUT2D eigenvalue weighted by molar-refractivity contribution is -0.161. The zero-order valence-corrected chi connectivity index (χ0v) is 68.9. The Kier molecular flexibility index (Phi) is 71.8. The number of carbonyl (C=O) groups excluding carboxylic acids is 4. The predicted molar refractivity (Wildman–Crippen MR) is 418 cm³/mol. The van der Waals surface area contributed by atoms with Crippen molar-refractivity contribution in [3.8, 4) is 0 Å². The van der Waals surface area contributed by atoms with Crippen LogP contribution in [0.1, 0.15) is 434 Å². The van der Waals surface area contributed by atoms with Gasteiger partial charge in [-0.1, -0.05) is 382 Å². The first-order valence-corrected chi connectivity index (χ1v) is 45.9. The van der Waals surface area contributed by atoms with Gasteiger partial charge in [-0.25, -0.2) is 9.13 Å². The normalized spacial score (nSPS) is 14.2. The summed E-state index contributed by atoms with van der Waals surface area (Å²) in [6.07, 6.45) is 62.5. The summed E-state index contributed by atoms with van der Waals surface area (Å²) < 4.78 is 68.7. The monoisotopic (exact) mass is 1490 g/mol. The first kappa shape index (κ1) is 100. The van der Waals surface area contributed by atoms with Crippen LogP contribution < -0.4 is 0 Å². The van der Waals surface area contributed by atoms with Crippen molar-refractivity contribution in [3.05, 3.63) is 0 Å². The van der Waals surface area contributed by atoms with E-state index in [0.29, 0.717) is 25.7 Å². The molecular weight excluding hydrogens is 1330 g/mol. The first-order valence-electron chi connectivity index (χ1n) is 42.9. The molecule has 0 saturated carbocycles. The molecule has 0 aliphatic carbocycles. The van der Waals surface area contributed by atoms with Crippen LogP contribution in [0.2, 0.25) is 0 Å². The lowest BCUT2D eigenvalue weighted by Gasteiger charge is -2.21. The van der Waals surface area contributed by atoms with Gasteiger partial charge in [0, 0.05) is 25.7 Å². The second-order valence-corrected chi connectivity index (χ2v) is 34.0. The van der Waals surface area contributed by atoms with Gasteiger partial charge >= 0.3 is 39.5 Å². The van der Waals surface area contributed by atoms with Crippen LogP contribution >= 0.6 is 15.6 Å². The number of carbonyl (C=O) groups is 4. The molecule has 102 heavy (non-hydrogen) atoms. The van der Waals surface area contributed by atoms with Crippen LogP contribution in [0.15, 0.2) is 0 Å². The number of ether oxygens (including phenoxy) is 4. The zero-order chi connectivity index (χ0) is 75.1. The highest BCUT2D eigenvalue weighted by Crippen LogP contribution is 2.45. The maximum Gasteiger partial charge on any atom is 0.472 e. The molecule has 606 valence electrons. The van der Waals surface area contributed by atoms with Crippen molar-refractivity contribution in [2.45, 2.75) is 452 Å². The minimum Gasteiger partial charge on any atom is -0.462 e. The maximum absolute atomic E-state index is 13.1. The molecule has 0 rings (SSSR count). The average molecular weight is 1490 g/mol. The molecule has 0 aliphatic heterocycles. The van der Waals surface area contributed by atoms with Gasteiger partial charge in [-0.2, -0.15) is 0 Å². The van der Waals surface area contributed by atoms with Crippen LogP contribution in [0.25, 0.3) is 0 Å². The third kappa shape index (κ3) is 74.9. The number of phosphoric ester groups is 2. The van der Waals surface area contributed by atoms with Gasteiger partial charge in [0.05, 0.1) is 26.4 Å². The Morgan fingerprint density at radius 2 is 0.500 bits per heavy atom. The van der Waals surface area contributed by atoms with E-state index in [9.17, 15) is 43.2 Å². The molecule has 0 amide bonds. The number of phosphoric acid groups is 2. The van der Waals surface area contributed by atoms with Crippen molar-refractivity contribution < 1.29 is 80.2 Å². The molecule has 19 heteroatoms. The van der Waals surface area contributed by atoms with Crippen LogP contribution in [-0.4, -0.2) is 96.7 Å². The van der Waals surface area contributed by atoms with Gasteiger partial charge in [0.25, 0.3) is 0 Å². The van der Waals surface area contributed by atoms with Gasteiger partial charge < -0.3 is 33.8 Å². The molecule has 0 radical (unpaired) electrons. The molecule has 0 aliphatic rings. The van der Waals surface area contributed by atoms with Gasteiger partial charge in [-0.05, 0) is 43.4 Å². The van der Waals surface area contributed by atoms with E-state index in [1.165, 1.54) is 231 Å². The topological polar surface area (TPSA) is 237 Å². The predicted octanol–water partition coefficient (Wildman–Crippen LogP) is 24.9. The molecule has 3 N–H and O–H groups in total. The van der Waals surface area contributed by atoms with Gasteiger partial charge in [-0.3, -0.25) is 37.3 Å². The Morgan fingerprint density at radius 3 is 0.745 bits per heavy atom. The van der Waals surface area contributed by atoms with Crippen LogP contribution in [0.5, 0.6) is 0 Å². The molecule has 0 aromatic heterocycles. The van der Waals surface area contributed by atoms with E-state index in [-0.39, 0.29) is 25.7 Å². The summed E-state index contributed by atoms with van der Waals surface area (Å²) in [5, 5.41) is 10.6. The Balaban J connectivity index is 5.18. The minimum absolute atomic E-state index is 0.107. The number of esters is 4. The van der Waals surface area contributed by atoms with E-state index in [0.717, 1.165) is 120 Å². The van der Waals surface area contributed by atoms with Crippen LogP contribution in [0, 0.1) is 17.8 Å². The molecule has 0 spiro atoms. The molecule has 17 nitrogen and oxygen atoms in total. The molecule has 0 aromatic rings. The fraction of sp³-hybridized carbons (Fsp3) is 0.952. The highest BCUT2D eigenvalue weighted by atomic mass is 31.2. The second kappa shape index (κ2) is 73.2. The molecule has 0 saturated heterocycles. The summed E-state index contributed by atoms with van der Waals surface area (Å²) in [6.45, 7) is 12.0. The molecular formula is C83H162O17P2. The summed E-state index contributed by atoms with van der Waals surface area (Å²) in [4.78, 5) is 73.0. The van der Waals surface area contributed by atoms with Crippen molar-refractivity contribution in [1.82, 2.24) is 0 Å². The summed E-state index contributed by atoms with van der Waals surface area (Å²) in [7, 11) is -9.92. The van der Waals surface area contributed by atoms with Crippen molar-refractivity contribution >= 4 is 39.5 Å². The lowest BCUT2D eigenvalue weighted by atomic mass is 9.99. The first-order chi connectivity index (χ1) is 49.3. The van der Waals surface area contributed by atoms with E-state index in [1.54, 1.807) is 0 Å². The quantitative estimate of drug-likeness (QED) is 0.0222. The van der Waals surface area contributed by atoms with Crippen molar-refractivity contribution in [1.29, 1.82) is 0 Å². The highest BCUT2D eigenvalue weighted by molar-refractivity contribution is 7.47. The van der Waals surface area contributed by atoms with Gasteiger partial charge in [-0.15, -0.1) is 0 Å². The Morgan fingerprint density at radius 1 is 0.284 bits per heavy atom. The Bertz CT molecular complexity index is 1980. The number of unbranched alkanes of at least 4 members (excludes halogenated alkanes) is 48. The van der Waals surface area contributed by atoms with Crippen LogP contribution in [0.3, 0.4) is 0 Å². The summed E-state index contributed by atoms with van der Waals surface area (Å²) >= 11 is 0. The smallest absolute Gasteiger partial charge is 0.462 e. The second-order valence-electron chi connectivity index (χ2n) is 31.1. The molecule has 6 atom stereocenters. The third-order valence-corrected chi connectivity index (χ3v) is 21.6. The van der Waals surface area contributed by atoms with E-state index >= 15 is 0 Å². The molecule has 0 aromatic carbocycles. The highest BCUT2D eigenvalue weighted by Gasteiger charge is 2.30. The lowest BCUT2D eigenvalue weighted by Crippen LogP contribution is -2.30. The number of rotatable bonds is 81. The number of aliphatic hydroxyl groups is 1. The van der Waals surface area contributed by atoms with E-state index in [4.69, 9.17) is 37.0 Å². The van der Waals surface area contributed by atoms with E-state index in [2.05, 4.69) is 48.5 Å². The molecule has 0 bridgehead atoms. The van der Waals surface area contributed by atoms with Gasteiger partial charge in [0.2, 0.25) is 0 Å². The molecule has 3 unspecified atom stereocenters.